The molecule has 0 fully saturated rings. The summed E-state index contributed by atoms with van der Waals surface area (Å²) in [7, 11) is -3.42. The lowest BCUT2D eigenvalue weighted by Gasteiger charge is -2.39. The third kappa shape index (κ3) is 4.63. The Morgan fingerprint density at radius 3 is 1.72 bits per heavy atom. The second-order valence-electron chi connectivity index (χ2n) is 5.53. The molecule has 1 radical (unpaired) electrons. The summed E-state index contributed by atoms with van der Waals surface area (Å²) in [6.07, 6.45) is 0. The molecule has 0 unspecified atom stereocenters. The molecule has 0 aliphatic carbocycles. The molecule has 0 bridgehead atoms. The van der Waals surface area contributed by atoms with Crippen molar-refractivity contribution in [1.82, 2.24) is 5.06 Å². The van der Waals surface area contributed by atoms with Gasteiger partial charge >= 0.3 is 7.60 Å². The van der Waals surface area contributed by atoms with Gasteiger partial charge in [0.05, 0.1) is 13.2 Å². The lowest BCUT2D eigenvalue weighted by atomic mass is 10.1. The van der Waals surface area contributed by atoms with Crippen molar-refractivity contribution in [3.63, 3.8) is 0 Å². The van der Waals surface area contributed by atoms with Crippen molar-refractivity contribution in [3.8, 4) is 0 Å². The SMILES string of the molecule is CCOP(=O)(OCC)[C@@H](C(C)C)N([O])C(C)(C)C. The van der Waals surface area contributed by atoms with E-state index < -0.39 is 18.9 Å². The Balaban J connectivity index is 5.36. The van der Waals surface area contributed by atoms with Gasteiger partial charge in [-0.05, 0) is 40.5 Å². The molecule has 0 aromatic heterocycles. The van der Waals surface area contributed by atoms with Crippen molar-refractivity contribution in [1.29, 1.82) is 0 Å². The third-order valence-corrected chi connectivity index (χ3v) is 5.13. The van der Waals surface area contributed by atoms with E-state index in [0.29, 0.717) is 0 Å². The highest BCUT2D eigenvalue weighted by atomic mass is 31.2. The molecule has 0 amide bonds. The van der Waals surface area contributed by atoms with Crippen LogP contribution in [0.3, 0.4) is 0 Å². The average Bonchev–Trinajstić information content (AvgIpc) is 2.15. The molecule has 0 rings (SSSR count). The zero-order valence-electron chi connectivity index (χ0n) is 12.6. The molecule has 0 saturated carbocycles. The fourth-order valence-corrected chi connectivity index (χ4v) is 4.14. The van der Waals surface area contributed by atoms with Crippen LogP contribution in [0.2, 0.25) is 0 Å². The van der Waals surface area contributed by atoms with Gasteiger partial charge in [-0.2, -0.15) is 0 Å². The first-order chi connectivity index (χ1) is 8.10. The van der Waals surface area contributed by atoms with E-state index in [1.54, 1.807) is 34.6 Å². The predicted molar refractivity (Wildman–Crippen MR) is 71.8 cm³/mol. The highest BCUT2D eigenvalue weighted by Gasteiger charge is 2.46. The van der Waals surface area contributed by atoms with Crippen molar-refractivity contribution >= 4 is 7.60 Å². The quantitative estimate of drug-likeness (QED) is 0.527. The Hall–Kier alpha value is 0.0700. The lowest BCUT2D eigenvalue weighted by molar-refractivity contribution is -0.232. The Labute approximate surface area is 111 Å². The minimum absolute atomic E-state index is 0.120. The lowest BCUT2D eigenvalue weighted by Crippen LogP contribution is -2.47. The summed E-state index contributed by atoms with van der Waals surface area (Å²) in [6.45, 7) is 13.1. The normalized spacial score (nSPS) is 15.4. The van der Waals surface area contributed by atoms with E-state index in [-0.39, 0.29) is 19.1 Å². The van der Waals surface area contributed by atoms with Crippen LogP contribution >= 0.6 is 7.60 Å². The van der Waals surface area contributed by atoms with Crippen LogP contribution in [0, 0.1) is 5.92 Å². The van der Waals surface area contributed by atoms with Crippen molar-refractivity contribution in [2.75, 3.05) is 13.2 Å². The minimum atomic E-state index is -3.42. The van der Waals surface area contributed by atoms with E-state index in [1.165, 1.54) is 0 Å². The monoisotopic (exact) mass is 280 g/mol. The predicted octanol–water partition coefficient (Wildman–Crippen LogP) is 3.68. The highest BCUT2D eigenvalue weighted by Crippen LogP contribution is 2.57. The van der Waals surface area contributed by atoms with E-state index in [1.807, 2.05) is 13.8 Å². The van der Waals surface area contributed by atoms with E-state index in [4.69, 9.17) is 9.05 Å². The summed E-state index contributed by atoms with van der Waals surface area (Å²) in [5, 5.41) is 13.2. The molecule has 0 heterocycles. The zero-order valence-corrected chi connectivity index (χ0v) is 13.5. The Bertz CT molecular complexity index is 278. The maximum atomic E-state index is 12.8. The van der Waals surface area contributed by atoms with E-state index in [9.17, 15) is 9.77 Å². The molecule has 0 aromatic rings. The van der Waals surface area contributed by atoms with Gasteiger partial charge < -0.3 is 9.05 Å². The molecule has 109 valence electrons. The summed E-state index contributed by atoms with van der Waals surface area (Å²) in [6, 6.07) is 0. The van der Waals surface area contributed by atoms with Crippen LogP contribution < -0.4 is 0 Å². The molecule has 0 spiro atoms. The molecule has 1 atom stereocenters. The third-order valence-electron chi connectivity index (χ3n) is 2.44. The van der Waals surface area contributed by atoms with Gasteiger partial charge in [0.15, 0.2) is 0 Å². The fraction of sp³-hybridized carbons (Fsp3) is 1.00. The summed E-state index contributed by atoms with van der Waals surface area (Å²) in [4.78, 5) is 0. The molecule has 0 aromatic carbocycles. The van der Waals surface area contributed by atoms with Gasteiger partial charge in [-0.15, -0.1) is 10.3 Å². The molecular formula is C12H27NO4P. The maximum absolute atomic E-state index is 12.8. The van der Waals surface area contributed by atoms with Crippen LogP contribution in [0.25, 0.3) is 0 Å². The minimum Gasteiger partial charge on any atom is -0.308 e. The number of nitrogens with zero attached hydrogens (tertiary/aromatic N) is 1. The Kier molecular flexibility index (Phi) is 7.04. The van der Waals surface area contributed by atoms with Crippen molar-refractivity contribution < 1.29 is 18.8 Å². The summed E-state index contributed by atoms with van der Waals surface area (Å²) in [5.74, 6) is -0.900. The van der Waals surface area contributed by atoms with Gasteiger partial charge in [-0.3, -0.25) is 4.57 Å². The van der Waals surface area contributed by atoms with Crippen LogP contribution in [-0.4, -0.2) is 29.6 Å². The summed E-state index contributed by atoms with van der Waals surface area (Å²) >= 11 is 0. The zero-order chi connectivity index (χ0) is 14.6. The molecule has 0 saturated heterocycles. The van der Waals surface area contributed by atoms with E-state index >= 15 is 0 Å². The highest BCUT2D eigenvalue weighted by molar-refractivity contribution is 7.54. The molecule has 18 heavy (non-hydrogen) atoms. The van der Waals surface area contributed by atoms with Gasteiger partial charge in [-0.25, -0.2) is 0 Å². The first-order valence-corrected chi connectivity index (χ1v) is 8.06. The molecule has 0 N–H and O–H groups in total. The van der Waals surface area contributed by atoms with Crippen LogP contribution in [-0.2, 0) is 18.8 Å². The number of hydroxylamine groups is 2. The largest absolute Gasteiger partial charge is 0.350 e. The summed E-state index contributed by atoms with van der Waals surface area (Å²) < 4.78 is 23.4. The summed E-state index contributed by atoms with van der Waals surface area (Å²) in [5.41, 5.74) is -0.640. The van der Waals surface area contributed by atoms with Gasteiger partial charge in [-0.1, -0.05) is 13.8 Å². The first-order valence-electron chi connectivity index (χ1n) is 6.45. The second kappa shape index (κ2) is 7.01. The van der Waals surface area contributed by atoms with Gasteiger partial charge in [0, 0.05) is 5.54 Å². The van der Waals surface area contributed by atoms with E-state index in [0.717, 1.165) is 5.06 Å². The average molecular weight is 280 g/mol. The van der Waals surface area contributed by atoms with Crippen molar-refractivity contribution in [3.05, 3.63) is 0 Å². The molecule has 6 heteroatoms. The van der Waals surface area contributed by atoms with Gasteiger partial charge in [0.25, 0.3) is 0 Å². The fourth-order valence-electron chi connectivity index (χ4n) is 1.71. The molecular weight excluding hydrogens is 253 g/mol. The smallest absolute Gasteiger partial charge is 0.308 e. The number of hydrogen-bond acceptors (Lipinski definition) is 4. The molecule has 0 aliphatic heterocycles. The Morgan fingerprint density at radius 1 is 1.11 bits per heavy atom. The van der Waals surface area contributed by atoms with Crippen LogP contribution in [0.1, 0.15) is 48.5 Å². The molecule has 0 aliphatic rings. The van der Waals surface area contributed by atoms with Gasteiger partial charge in [0.1, 0.15) is 5.78 Å². The van der Waals surface area contributed by atoms with Crippen LogP contribution in [0.4, 0.5) is 0 Å². The van der Waals surface area contributed by atoms with E-state index in [2.05, 4.69) is 0 Å². The van der Waals surface area contributed by atoms with Gasteiger partial charge in [0.2, 0.25) is 0 Å². The first kappa shape index (κ1) is 18.1. The van der Waals surface area contributed by atoms with Crippen LogP contribution in [0.15, 0.2) is 0 Å². The van der Waals surface area contributed by atoms with Crippen molar-refractivity contribution in [2.45, 2.75) is 59.8 Å². The molecule has 5 nitrogen and oxygen atoms in total. The number of rotatable bonds is 7. The standard InChI is InChI=1S/C12H27NO4P/c1-8-16-18(15,17-9-2)11(10(3)4)13(14)12(5,6)7/h10-11H,8-9H2,1-7H3/t11-/m0/s1. The Morgan fingerprint density at radius 2 is 1.50 bits per heavy atom. The van der Waals surface area contributed by atoms with Crippen molar-refractivity contribution in [2.24, 2.45) is 5.92 Å². The maximum Gasteiger partial charge on any atom is 0.350 e. The second-order valence-corrected chi connectivity index (χ2v) is 7.65. The number of hydrogen-bond donors (Lipinski definition) is 0. The van der Waals surface area contributed by atoms with Crippen LogP contribution in [0.5, 0.6) is 0 Å². The topological polar surface area (TPSA) is 58.7 Å².